The van der Waals surface area contributed by atoms with Gasteiger partial charge in [-0.1, -0.05) is 12.1 Å². The van der Waals surface area contributed by atoms with Crippen LogP contribution in [-0.2, 0) is 16.0 Å². The number of halogens is 1. The maximum absolute atomic E-state index is 13.4. The lowest BCUT2D eigenvalue weighted by Crippen LogP contribution is -2.43. The fraction of sp³-hybridized carbons (Fsp3) is 0.458. The third kappa shape index (κ3) is 4.97. The lowest BCUT2D eigenvalue weighted by Gasteiger charge is -2.35. The molecule has 0 radical (unpaired) electrons. The van der Waals surface area contributed by atoms with E-state index in [1.165, 1.54) is 12.1 Å². The molecule has 2 aromatic heterocycles. The standard InChI is InChI=1S/C24H30FN5O2/c1-16-14-23-27-17(2)21(18(3)30(23)28-16)8-9-24(31)26-15-22(29-10-12-32-13-11-29)19-4-6-20(25)7-5-19/h4-7,14,22H,8-13,15H2,1-3H3,(H,26,31)/t22-/m0/s1. The van der Waals surface area contributed by atoms with Gasteiger partial charge in [0.15, 0.2) is 5.65 Å². The van der Waals surface area contributed by atoms with E-state index in [1.807, 2.05) is 31.4 Å². The molecular formula is C24H30FN5O2. The number of aromatic nitrogens is 3. The van der Waals surface area contributed by atoms with Crippen LogP contribution in [0.3, 0.4) is 0 Å². The van der Waals surface area contributed by atoms with Crippen molar-refractivity contribution < 1.29 is 13.9 Å². The van der Waals surface area contributed by atoms with Gasteiger partial charge < -0.3 is 10.1 Å². The van der Waals surface area contributed by atoms with Crippen LogP contribution in [0.1, 0.15) is 40.7 Å². The Morgan fingerprint density at radius 2 is 1.91 bits per heavy atom. The molecule has 1 atom stereocenters. The highest BCUT2D eigenvalue weighted by molar-refractivity contribution is 5.76. The van der Waals surface area contributed by atoms with Crippen molar-refractivity contribution in [2.75, 3.05) is 32.8 Å². The average molecular weight is 440 g/mol. The highest BCUT2D eigenvalue weighted by Crippen LogP contribution is 2.22. The molecule has 8 heteroatoms. The molecular weight excluding hydrogens is 409 g/mol. The number of morpholine rings is 1. The van der Waals surface area contributed by atoms with E-state index in [0.29, 0.717) is 32.6 Å². The van der Waals surface area contributed by atoms with Gasteiger partial charge in [-0.05, 0) is 50.5 Å². The molecule has 1 amide bonds. The minimum atomic E-state index is -0.262. The molecule has 1 fully saturated rings. The van der Waals surface area contributed by atoms with E-state index in [2.05, 4.69) is 20.3 Å². The Morgan fingerprint density at radius 1 is 1.19 bits per heavy atom. The number of benzene rings is 1. The van der Waals surface area contributed by atoms with Crippen molar-refractivity contribution in [1.29, 1.82) is 0 Å². The first-order valence-electron chi connectivity index (χ1n) is 11.1. The first-order valence-corrected chi connectivity index (χ1v) is 11.1. The highest BCUT2D eigenvalue weighted by atomic mass is 19.1. The van der Waals surface area contributed by atoms with Crippen LogP contribution in [0.25, 0.3) is 5.65 Å². The predicted octanol–water partition coefficient (Wildman–Crippen LogP) is 2.92. The first-order chi connectivity index (χ1) is 15.4. The Hall–Kier alpha value is -2.84. The normalized spacial score (nSPS) is 15.8. The zero-order valence-corrected chi connectivity index (χ0v) is 18.9. The Labute approximate surface area is 187 Å². The summed E-state index contributed by atoms with van der Waals surface area (Å²) in [6.45, 7) is 9.30. The summed E-state index contributed by atoms with van der Waals surface area (Å²) < 4.78 is 20.7. The van der Waals surface area contributed by atoms with E-state index < -0.39 is 0 Å². The monoisotopic (exact) mass is 439 g/mol. The van der Waals surface area contributed by atoms with Gasteiger partial charge in [-0.15, -0.1) is 0 Å². The zero-order valence-electron chi connectivity index (χ0n) is 18.9. The minimum Gasteiger partial charge on any atom is -0.379 e. The largest absolute Gasteiger partial charge is 0.379 e. The number of nitrogens with zero attached hydrogens (tertiary/aromatic N) is 4. The van der Waals surface area contributed by atoms with Crippen LogP contribution in [0, 0.1) is 26.6 Å². The molecule has 0 bridgehead atoms. The second-order valence-corrected chi connectivity index (χ2v) is 8.34. The topological polar surface area (TPSA) is 71.8 Å². The molecule has 32 heavy (non-hydrogen) atoms. The van der Waals surface area contributed by atoms with Gasteiger partial charge in [-0.25, -0.2) is 13.9 Å². The number of fused-ring (bicyclic) bond motifs is 1. The number of rotatable bonds is 7. The van der Waals surface area contributed by atoms with Gasteiger partial charge in [0.1, 0.15) is 5.82 Å². The molecule has 7 nitrogen and oxygen atoms in total. The van der Waals surface area contributed by atoms with Crippen LogP contribution in [0.5, 0.6) is 0 Å². The zero-order chi connectivity index (χ0) is 22.7. The number of hydrogen-bond acceptors (Lipinski definition) is 5. The van der Waals surface area contributed by atoms with Gasteiger partial charge in [0.2, 0.25) is 5.91 Å². The number of ether oxygens (including phenoxy) is 1. The molecule has 3 aromatic rings. The van der Waals surface area contributed by atoms with Crippen molar-refractivity contribution in [2.45, 2.75) is 39.7 Å². The highest BCUT2D eigenvalue weighted by Gasteiger charge is 2.23. The fourth-order valence-corrected chi connectivity index (χ4v) is 4.37. The number of amides is 1. The van der Waals surface area contributed by atoms with E-state index >= 15 is 0 Å². The summed E-state index contributed by atoms with van der Waals surface area (Å²) in [5.74, 6) is -0.275. The van der Waals surface area contributed by atoms with Crippen LogP contribution < -0.4 is 5.32 Å². The molecule has 0 spiro atoms. The number of hydrogen-bond donors (Lipinski definition) is 1. The van der Waals surface area contributed by atoms with Crippen molar-refractivity contribution in [2.24, 2.45) is 0 Å². The van der Waals surface area contributed by atoms with Gasteiger partial charge in [-0.3, -0.25) is 9.69 Å². The summed E-state index contributed by atoms with van der Waals surface area (Å²) >= 11 is 0. The first kappa shape index (κ1) is 22.4. The van der Waals surface area contributed by atoms with Crippen LogP contribution in [-0.4, -0.2) is 58.3 Å². The van der Waals surface area contributed by atoms with Crippen molar-refractivity contribution in [3.05, 3.63) is 64.4 Å². The van der Waals surface area contributed by atoms with Crippen molar-refractivity contribution in [3.8, 4) is 0 Å². The number of nitrogens with one attached hydrogen (secondary N) is 1. The second-order valence-electron chi connectivity index (χ2n) is 8.34. The molecule has 1 aliphatic rings. The molecule has 1 aliphatic heterocycles. The second kappa shape index (κ2) is 9.75. The van der Waals surface area contributed by atoms with Gasteiger partial charge in [0.05, 0.1) is 24.9 Å². The molecule has 1 aromatic carbocycles. The molecule has 3 heterocycles. The average Bonchev–Trinajstić information content (AvgIpc) is 3.16. The molecule has 1 saturated heterocycles. The van der Waals surface area contributed by atoms with Gasteiger partial charge in [-0.2, -0.15) is 5.10 Å². The third-order valence-corrected chi connectivity index (χ3v) is 6.12. The summed E-state index contributed by atoms with van der Waals surface area (Å²) in [6.07, 6.45) is 0.971. The number of carbonyl (C=O) groups excluding carboxylic acids is 1. The van der Waals surface area contributed by atoms with Crippen LogP contribution in [0.4, 0.5) is 4.39 Å². The predicted molar refractivity (Wildman–Crippen MR) is 120 cm³/mol. The lowest BCUT2D eigenvalue weighted by atomic mass is 10.0. The van der Waals surface area contributed by atoms with E-state index in [1.54, 1.807) is 12.1 Å². The maximum Gasteiger partial charge on any atom is 0.220 e. The lowest BCUT2D eigenvalue weighted by molar-refractivity contribution is -0.121. The molecule has 0 aliphatic carbocycles. The SMILES string of the molecule is Cc1cc2nc(C)c(CCC(=O)NC[C@@H](c3ccc(F)cc3)N3CCOCC3)c(C)n2n1. The van der Waals surface area contributed by atoms with E-state index in [9.17, 15) is 9.18 Å². The van der Waals surface area contributed by atoms with Crippen LogP contribution >= 0.6 is 0 Å². The van der Waals surface area contributed by atoms with Gasteiger partial charge >= 0.3 is 0 Å². The fourth-order valence-electron chi connectivity index (χ4n) is 4.37. The van der Waals surface area contributed by atoms with Crippen molar-refractivity contribution >= 4 is 11.6 Å². The van der Waals surface area contributed by atoms with Crippen molar-refractivity contribution in [3.63, 3.8) is 0 Å². The Bertz CT molecular complexity index is 1090. The number of carbonyl (C=O) groups is 1. The Morgan fingerprint density at radius 3 is 2.62 bits per heavy atom. The smallest absolute Gasteiger partial charge is 0.220 e. The van der Waals surface area contributed by atoms with E-state index in [0.717, 1.165) is 46.9 Å². The third-order valence-electron chi connectivity index (χ3n) is 6.12. The van der Waals surface area contributed by atoms with Crippen LogP contribution in [0.2, 0.25) is 0 Å². The summed E-state index contributed by atoms with van der Waals surface area (Å²) in [4.78, 5) is 19.6. The van der Waals surface area contributed by atoms with E-state index in [-0.39, 0.29) is 17.8 Å². The van der Waals surface area contributed by atoms with Crippen LogP contribution in [0.15, 0.2) is 30.3 Å². The molecule has 1 N–H and O–H groups in total. The molecule has 170 valence electrons. The Balaban J connectivity index is 1.41. The summed E-state index contributed by atoms with van der Waals surface area (Å²) in [7, 11) is 0. The minimum absolute atomic E-state index is 0.0130. The Kier molecular flexibility index (Phi) is 6.81. The van der Waals surface area contributed by atoms with Gasteiger partial charge in [0.25, 0.3) is 0 Å². The summed E-state index contributed by atoms with van der Waals surface area (Å²) in [5.41, 5.74) is 5.75. The molecule has 0 saturated carbocycles. The molecule has 4 rings (SSSR count). The van der Waals surface area contributed by atoms with Crippen molar-refractivity contribution in [1.82, 2.24) is 24.8 Å². The van der Waals surface area contributed by atoms with Gasteiger partial charge in [0, 0.05) is 43.5 Å². The number of aryl methyl sites for hydroxylation is 3. The molecule has 0 unspecified atom stereocenters. The summed E-state index contributed by atoms with van der Waals surface area (Å²) in [5, 5.41) is 7.59. The maximum atomic E-state index is 13.4. The summed E-state index contributed by atoms with van der Waals surface area (Å²) in [6, 6.07) is 8.46. The quantitative estimate of drug-likeness (QED) is 0.613. The van der Waals surface area contributed by atoms with E-state index in [4.69, 9.17) is 4.74 Å².